The van der Waals surface area contributed by atoms with Gasteiger partial charge < -0.3 is 24.1 Å². The number of ether oxygens (including phenoxy) is 4. The Balaban J connectivity index is 2.04. The Hall–Kier alpha value is -3.65. The average Bonchev–Trinajstić information content (AvgIpc) is 3.24. The van der Waals surface area contributed by atoms with Gasteiger partial charge in [0.1, 0.15) is 29.1 Å². The number of unbranched alkanes of at least 4 members (excludes halogenated alkanes) is 24. The summed E-state index contributed by atoms with van der Waals surface area (Å²) < 4.78 is 23.1. The molecule has 0 heterocycles. The first-order valence-electron chi connectivity index (χ1n) is 24.7. The van der Waals surface area contributed by atoms with Crippen LogP contribution in [-0.4, -0.2) is 29.6 Å². The fourth-order valence-electron chi connectivity index (χ4n) is 7.48. The Morgan fingerprint density at radius 1 is 0.475 bits per heavy atom. The molecule has 0 spiro atoms. The van der Waals surface area contributed by atoms with E-state index in [4.69, 9.17) is 18.9 Å². The number of aliphatic hydroxyl groups is 1. The molecule has 1 atom stereocenters. The van der Waals surface area contributed by atoms with Crippen molar-refractivity contribution in [3.8, 4) is 23.0 Å². The zero-order chi connectivity index (χ0) is 44.2. The number of benzene rings is 2. The molecule has 61 heavy (non-hydrogen) atoms. The van der Waals surface area contributed by atoms with Crippen LogP contribution in [-0.2, 0) is 14.4 Å². The predicted octanol–water partition coefficient (Wildman–Crippen LogP) is 15.3. The molecule has 0 fully saturated rings. The van der Waals surface area contributed by atoms with E-state index in [-0.39, 0.29) is 30.1 Å². The number of carbonyl (C=O) groups excluding carboxylic acids is 3. The van der Waals surface area contributed by atoms with Crippen LogP contribution in [0, 0.1) is 0 Å². The molecular weight excluding hydrogens is 765 g/mol. The highest BCUT2D eigenvalue weighted by Gasteiger charge is 2.16. The second-order valence-electron chi connectivity index (χ2n) is 16.8. The molecule has 2 aromatic rings. The zero-order valence-electron chi connectivity index (χ0n) is 38.9. The number of esters is 3. The van der Waals surface area contributed by atoms with Crippen molar-refractivity contribution in [3.05, 3.63) is 53.6 Å². The summed E-state index contributed by atoms with van der Waals surface area (Å²) >= 11 is 0. The highest BCUT2D eigenvalue weighted by Crippen LogP contribution is 2.33. The van der Waals surface area contributed by atoms with Crippen LogP contribution in [0.2, 0.25) is 0 Å². The summed E-state index contributed by atoms with van der Waals surface area (Å²) in [7, 11) is 0. The first-order valence-corrected chi connectivity index (χ1v) is 24.7. The Morgan fingerprint density at radius 3 is 1.25 bits per heavy atom. The summed E-state index contributed by atoms with van der Waals surface area (Å²) in [4.78, 5) is 38.5. The molecule has 0 saturated heterocycles. The van der Waals surface area contributed by atoms with Crippen molar-refractivity contribution >= 4 is 24.0 Å². The van der Waals surface area contributed by atoms with Crippen molar-refractivity contribution in [2.45, 2.75) is 226 Å². The minimum atomic E-state index is -1.08. The quantitative estimate of drug-likeness (QED) is 0.0404. The zero-order valence-corrected chi connectivity index (χ0v) is 38.9. The van der Waals surface area contributed by atoms with E-state index in [1.807, 2.05) is 6.92 Å². The van der Waals surface area contributed by atoms with Crippen molar-refractivity contribution in [2.24, 2.45) is 0 Å². The van der Waals surface area contributed by atoms with Gasteiger partial charge in [-0.3, -0.25) is 14.4 Å². The van der Waals surface area contributed by atoms with Crippen LogP contribution in [0.4, 0.5) is 0 Å². The Kier molecular flexibility index (Phi) is 31.5. The predicted molar refractivity (Wildman–Crippen MR) is 250 cm³/mol. The normalized spacial score (nSPS) is 11.8. The lowest BCUT2D eigenvalue weighted by Gasteiger charge is -2.15. The van der Waals surface area contributed by atoms with Gasteiger partial charge >= 0.3 is 17.9 Å². The van der Waals surface area contributed by atoms with E-state index in [1.54, 1.807) is 48.6 Å². The number of rotatable bonds is 38. The number of aliphatic hydroxyl groups excluding tert-OH is 1. The van der Waals surface area contributed by atoms with Gasteiger partial charge in [-0.2, -0.15) is 0 Å². The first-order chi connectivity index (χ1) is 29.8. The van der Waals surface area contributed by atoms with E-state index in [1.165, 1.54) is 116 Å². The van der Waals surface area contributed by atoms with Crippen LogP contribution in [0.5, 0.6) is 23.0 Å². The van der Waals surface area contributed by atoms with Gasteiger partial charge in [-0.25, -0.2) is 0 Å². The number of hydrogen-bond acceptors (Lipinski definition) is 8. The molecule has 0 saturated carbocycles. The van der Waals surface area contributed by atoms with Gasteiger partial charge in [-0.1, -0.05) is 187 Å². The van der Waals surface area contributed by atoms with Crippen molar-refractivity contribution in [1.82, 2.24) is 0 Å². The molecule has 1 N–H and O–H groups in total. The molecule has 0 aliphatic rings. The van der Waals surface area contributed by atoms with Crippen LogP contribution >= 0.6 is 0 Å². The maximum absolute atomic E-state index is 13.1. The molecule has 1 unspecified atom stereocenters. The fraction of sp³-hybridized carbons (Fsp3) is 0.679. The lowest BCUT2D eigenvalue weighted by Crippen LogP contribution is -2.10. The van der Waals surface area contributed by atoms with Gasteiger partial charge in [-0.15, -0.1) is 0 Å². The van der Waals surface area contributed by atoms with E-state index in [9.17, 15) is 19.5 Å². The van der Waals surface area contributed by atoms with Crippen molar-refractivity contribution < 1.29 is 38.4 Å². The molecule has 0 aliphatic heterocycles. The van der Waals surface area contributed by atoms with Crippen LogP contribution in [0.25, 0.3) is 6.08 Å². The molecule has 8 nitrogen and oxygen atoms in total. The molecule has 0 bridgehead atoms. The molecule has 0 radical (unpaired) electrons. The largest absolute Gasteiger partial charge is 0.493 e. The van der Waals surface area contributed by atoms with Crippen LogP contribution in [0.15, 0.2) is 42.5 Å². The Labute approximate surface area is 370 Å². The van der Waals surface area contributed by atoms with Crippen LogP contribution in [0.1, 0.15) is 238 Å². The number of hydrogen-bond donors (Lipinski definition) is 1. The third kappa shape index (κ3) is 26.4. The lowest BCUT2D eigenvalue weighted by atomic mass is 10.1. The number of carbonyl (C=O) groups is 3. The van der Waals surface area contributed by atoms with E-state index in [2.05, 4.69) is 20.8 Å². The maximum Gasteiger partial charge on any atom is 0.311 e. The highest BCUT2D eigenvalue weighted by molar-refractivity contribution is 5.76. The van der Waals surface area contributed by atoms with Gasteiger partial charge in [0.05, 0.1) is 6.61 Å². The summed E-state index contributed by atoms with van der Waals surface area (Å²) in [6.07, 6.45) is 34.6. The topological polar surface area (TPSA) is 108 Å². The summed E-state index contributed by atoms with van der Waals surface area (Å²) in [5.41, 5.74) is 1.06. The molecule has 344 valence electrons. The van der Waals surface area contributed by atoms with Crippen molar-refractivity contribution in [2.75, 3.05) is 6.61 Å². The van der Waals surface area contributed by atoms with E-state index >= 15 is 0 Å². The van der Waals surface area contributed by atoms with Crippen molar-refractivity contribution in [1.29, 1.82) is 0 Å². The van der Waals surface area contributed by atoms with Gasteiger partial charge in [0, 0.05) is 42.5 Å². The van der Waals surface area contributed by atoms with E-state index in [0.717, 1.165) is 57.8 Å². The Bertz CT molecular complexity index is 1480. The standard InChI is InChI=1S/C53H84O8/c1-5-9-12-15-18-21-24-27-30-33-51(55)59-45-38-36-44(49(42-45)61-53(57)35-32-29-26-23-20-17-14-11-7-3)37-41-48(54)47-40-39-46(43-50(47)58-8-4)60-52(56)34-31-28-25-22-19-16-13-10-6-2/h36-43,48,54H,5-35H2,1-4H3. The minimum absolute atomic E-state index is 0.261. The first kappa shape index (κ1) is 53.5. The van der Waals surface area contributed by atoms with Gasteiger partial charge in [-0.05, 0) is 50.5 Å². The molecular formula is C53H84O8. The monoisotopic (exact) mass is 849 g/mol. The van der Waals surface area contributed by atoms with Crippen molar-refractivity contribution in [3.63, 3.8) is 0 Å². The van der Waals surface area contributed by atoms with Gasteiger partial charge in [0.25, 0.3) is 0 Å². The van der Waals surface area contributed by atoms with Crippen LogP contribution < -0.4 is 18.9 Å². The summed E-state index contributed by atoms with van der Waals surface area (Å²) in [6.45, 7) is 8.90. The third-order valence-corrected chi connectivity index (χ3v) is 11.2. The summed E-state index contributed by atoms with van der Waals surface area (Å²) in [5.74, 6) is 0.412. The SMILES string of the molecule is CCCCCCCCCCCC(=O)Oc1ccc(C=CC(O)c2ccc(OC(=O)CCCCCCCCCCC)cc2OCC)c(OC(=O)CCCCCCCCCCC)c1. The van der Waals surface area contributed by atoms with Crippen LogP contribution in [0.3, 0.4) is 0 Å². The average molecular weight is 849 g/mol. The Morgan fingerprint density at radius 2 is 0.836 bits per heavy atom. The second-order valence-corrected chi connectivity index (χ2v) is 16.8. The molecule has 0 aliphatic carbocycles. The molecule has 2 aromatic carbocycles. The van der Waals surface area contributed by atoms with Gasteiger partial charge in [0.15, 0.2) is 0 Å². The summed E-state index contributed by atoms with van der Waals surface area (Å²) in [6, 6.07) is 10.00. The van der Waals surface area contributed by atoms with E-state index in [0.29, 0.717) is 47.8 Å². The molecule has 8 heteroatoms. The molecule has 2 rings (SSSR count). The molecule has 0 aromatic heterocycles. The smallest absolute Gasteiger partial charge is 0.311 e. The van der Waals surface area contributed by atoms with Gasteiger partial charge in [0.2, 0.25) is 0 Å². The third-order valence-electron chi connectivity index (χ3n) is 11.2. The summed E-state index contributed by atoms with van der Waals surface area (Å²) in [5, 5.41) is 11.3. The molecule has 0 amide bonds. The highest BCUT2D eigenvalue weighted by atomic mass is 16.5. The minimum Gasteiger partial charge on any atom is -0.493 e. The van der Waals surface area contributed by atoms with E-state index < -0.39 is 6.10 Å². The lowest BCUT2D eigenvalue weighted by molar-refractivity contribution is -0.135. The fourth-order valence-corrected chi connectivity index (χ4v) is 7.48. The second kappa shape index (κ2) is 35.9. The maximum atomic E-state index is 13.1.